The summed E-state index contributed by atoms with van der Waals surface area (Å²) in [6, 6.07) is 7.30. The molecule has 0 saturated carbocycles. The molecule has 3 N–H and O–H groups in total. The van der Waals surface area contributed by atoms with Gasteiger partial charge in [0.1, 0.15) is 0 Å². The van der Waals surface area contributed by atoms with Crippen LogP contribution in [0.3, 0.4) is 0 Å². The standard InChI is InChI=1S/C11H14N2O2/c1-7(2)8-3-5-9(6-4-8)13-11(15)10(12)14/h3-7H,1-2H3,(H2,12,14)(H,13,15). The second kappa shape index (κ2) is 4.59. The first kappa shape index (κ1) is 11.2. The molecule has 0 radical (unpaired) electrons. The van der Waals surface area contributed by atoms with E-state index in [1.807, 2.05) is 12.1 Å². The number of rotatable bonds is 2. The highest BCUT2D eigenvalue weighted by Crippen LogP contribution is 2.16. The molecule has 0 saturated heterocycles. The van der Waals surface area contributed by atoms with E-state index in [0.717, 1.165) is 0 Å². The summed E-state index contributed by atoms with van der Waals surface area (Å²) in [6.45, 7) is 4.16. The Hall–Kier alpha value is -1.84. The van der Waals surface area contributed by atoms with E-state index >= 15 is 0 Å². The van der Waals surface area contributed by atoms with Crippen molar-refractivity contribution in [3.8, 4) is 0 Å². The van der Waals surface area contributed by atoms with Gasteiger partial charge in [0, 0.05) is 5.69 Å². The molecular formula is C11H14N2O2. The summed E-state index contributed by atoms with van der Waals surface area (Å²) >= 11 is 0. The number of nitrogens with one attached hydrogen (secondary N) is 1. The fraction of sp³-hybridized carbons (Fsp3) is 0.273. The summed E-state index contributed by atoms with van der Waals surface area (Å²) in [7, 11) is 0. The summed E-state index contributed by atoms with van der Waals surface area (Å²) in [5.41, 5.74) is 6.56. The lowest BCUT2D eigenvalue weighted by Gasteiger charge is -2.07. The third-order valence-electron chi connectivity index (χ3n) is 2.06. The van der Waals surface area contributed by atoms with Gasteiger partial charge in [0.25, 0.3) is 0 Å². The van der Waals surface area contributed by atoms with E-state index in [1.54, 1.807) is 12.1 Å². The van der Waals surface area contributed by atoms with Crippen molar-refractivity contribution in [1.29, 1.82) is 0 Å². The van der Waals surface area contributed by atoms with E-state index in [2.05, 4.69) is 19.2 Å². The average Bonchev–Trinajstić information content (AvgIpc) is 2.18. The quantitative estimate of drug-likeness (QED) is 0.714. The highest BCUT2D eigenvalue weighted by molar-refractivity contribution is 6.39. The zero-order valence-electron chi connectivity index (χ0n) is 8.78. The zero-order chi connectivity index (χ0) is 11.4. The van der Waals surface area contributed by atoms with Crippen molar-refractivity contribution in [3.63, 3.8) is 0 Å². The van der Waals surface area contributed by atoms with Crippen LogP contribution < -0.4 is 11.1 Å². The molecule has 0 fully saturated rings. The second-order valence-electron chi connectivity index (χ2n) is 3.60. The Bertz CT molecular complexity index is 369. The maximum Gasteiger partial charge on any atom is 0.313 e. The fourth-order valence-electron chi connectivity index (χ4n) is 1.14. The molecule has 1 aromatic carbocycles. The van der Waals surface area contributed by atoms with Crippen LogP contribution in [0.1, 0.15) is 25.3 Å². The third kappa shape index (κ3) is 3.09. The van der Waals surface area contributed by atoms with Crippen molar-refractivity contribution in [2.45, 2.75) is 19.8 Å². The SMILES string of the molecule is CC(C)c1ccc(NC(=O)C(N)=O)cc1. The van der Waals surface area contributed by atoms with Crippen molar-refractivity contribution in [2.75, 3.05) is 5.32 Å². The summed E-state index contributed by atoms with van der Waals surface area (Å²) < 4.78 is 0. The minimum atomic E-state index is -0.983. The van der Waals surface area contributed by atoms with Crippen molar-refractivity contribution < 1.29 is 9.59 Å². The average molecular weight is 206 g/mol. The maximum atomic E-state index is 10.9. The van der Waals surface area contributed by atoms with Crippen LogP contribution in [0.15, 0.2) is 24.3 Å². The van der Waals surface area contributed by atoms with E-state index in [4.69, 9.17) is 5.73 Å². The van der Waals surface area contributed by atoms with Gasteiger partial charge in [-0.3, -0.25) is 9.59 Å². The molecule has 4 nitrogen and oxygen atoms in total. The molecule has 0 spiro atoms. The Morgan fingerprint density at radius 3 is 2.13 bits per heavy atom. The van der Waals surface area contributed by atoms with Crippen LogP contribution >= 0.6 is 0 Å². The van der Waals surface area contributed by atoms with E-state index in [1.165, 1.54) is 5.56 Å². The number of carbonyl (C=O) groups is 2. The zero-order valence-corrected chi connectivity index (χ0v) is 8.78. The Balaban J connectivity index is 2.73. The third-order valence-corrected chi connectivity index (χ3v) is 2.06. The highest BCUT2D eigenvalue weighted by Gasteiger charge is 2.08. The van der Waals surface area contributed by atoms with E-state index in [9.17, 15) is 9.59 Å². The van der Waals surface area contributed by atoms with Crippen molar-refractivity contribution in [3.05, 3.63) is 29.8 Å². The molecule has 0 bridgehead atoms. The van der Waals surface area contributed by atoms with Gasteiger partial charge in [0.15, 0.2) is 0 Å². The first-order valence-corrected chi connectivity index (χ1v) is 4.71. The largest absolute Gasteiger partial charge is 0.361 e. The lowest BCUT2D eigenvalue weighted by Crippen LogP contribution is -2.29. The molecular weight excluding hydrogens is 192 g/mol. The number of primary amides is 1. The van der Waals surface area contributed by atoms with Crippen LogP contribution in [-0.4, -0.2) is 11.8 Å². The van der Waals surface area contributed by atoms with Gasteiger partial charge in [-0.05, 0) is 23.6 Å². The van der Waals surface area contributed by atoms with Gasteiger partial charge in [-0.25, -0.2) is 0 Å². The van der Waals surface area contributed by atoms with Gasteiger partial charge in [-0.1, -0.05) is 26.0 Å². The number of anilines is 1. The minimum absolute atomic E-state index is 0.436. The second-order valence-corrected chi connectivity index (χ2v) is 3.60. The number of nitrogens with two attached hydrogens (primary N) is 1. The fourth-order valence-corrected chi connectivity index (χ4v) is 1.14. The van der Waals surface area contributed by atoms with Crippen LogP contribution in [0.25, 0.3) is 0 Å². The van der Waals surface area contributed by atoms with Gasteiger partial charge < -0.3 is 11.1 Å². The number of hydrogen-bond donors (Lipinski definition) is 2. The van der Waals surface area contributed by atoms with Crippen molar-refractivity contribution >= 4 is 17.5 Å². The molecule has 80 valence electrons. The number of benzene rings is 1. The van der Waals surface area contributed by atoms with E-state index in [-0.39, 0.29) is 0 Å². The van der Waals surface area contributed by atoms with Gasteiger partial charge in [-0.2, -0.15) is 0 Å². The smallest absolute Gasteiger partial charge is 0.313 e. The first-order chi connectivity index (χ1) is 7.00. The minimum Gasteiger partial charge on any atom is -0.361 e. The molecule has 1 aromatic rings. The number of hydrogen-bond acceptors (Lipinski definition) is 2. The summed E-state index contributed by atoms with van der Waals surface area (Å²) in [5, 5.41) is 2.39. The number of carbonyl (C=O) groups excluding carboxylic acids is 2. The monoisotopic (exact) mass is 206 g/mol. The maximum absolute atomic E-state index is 10.9. The molecule has 2 amide bonds. The van der Waals surface area contributed by atoms with Crippen LogP contribution in [0.2, 0.25) is 0 Å². The molecule has 0 aromatic heterocycles. The molecule has 0 aliphatic heterocycles. The molecule has 4 heteroatoms. The summed E-state index contributed by atoms with van der Waals surface area (Å²) in [6.07, 6.45) is 0. The Morgan fingerprint density at radius 2 is 1.73 bits per heavy atom. The molecule has 0 aliphatic carbocycles. The normalized spacial score (nSPS) is 10.1. The lowest BCUT2D eigenvalue weighted by molar-refractivity contribution is -0.134. The van der Waals surface area contributed by atoms with Gasteiger partial charge in [0.2, 0.25) is 0 Å². The van der Waals surface area contributed by atoms with E-state index in [0.29, 0.717) is 11.6 Å². The lowest BCUT2D eigenvalue weighted by atomic mass is 10.0. The Labute approximate surface area is 88.5 Å². The summed E-state index contributed by atoms with van der Waals surface area (Å²) in [4.78, 5) is 21.4. The Morgan fingerprint density at radius 1 is 1.20 bits per heavy atom. The van der Waals surface area contributed by atoms with Crippen LogP contribution in [-0.2, 0) is 9.59 Å². The molecule has 0 unspecified atom stereocenters. The van der Waals surface area contributed by atoms with Gasteiger partial charge in [-0.15, -0.1) is 0 Å². The van der Waals surface area contributed by atoms with Crippen LogP contribution in [0, 0.1) is 0 Å². The van der Waals surface area contributed by atoms with Crippen LogP contribution in [0.5, 0.6) is 0 Å². The van der Waals surface area contributed by atoms with Crippen molar-refractivity contribution in [2.24, 2.45) is 5.73 Å². The summed E-state index contributed by atoms with van der Waals surface area (Å²) in [5.74, 6) is -1.35. The van der Waals surface area contributed by atoms with Gasteiger partial charge >= 0.3 is 11.8 Å². The molecule has 1 rings (SSSR count). The first-order valence-electron chi connectivity index (χ1n) is 4.71. The molecule has 0 atom stereocenters. The molecule has 0 aliphatic rings. The van der Waals surface area contributed by atoms with Crippen molar-refractivity contribution in [1.82, 2.24) is 0 Å². The molecule has 0 heterocycles. The Kier molecular flexibility index (Phi) is 3.44. The van der Waals surface area contributed by atoms with Crippen LogP contribution in [0.4, 0.5) is 5.69 Å². The van der Waals surface area contributed by atoms with Gasteiger partial charge in [0.05, 0.1) is 0 Å². The molecule has 15 heavy (non-hydrogen) atoms. The number of amides is 2. The topological polar surface area (TPSA) is 72.2 Å². The van der Waals surface area contributed by atoms with E-state index < -0.39 is 11.8 Å². The predicted octanol–water partition coefficient (Wildman–Crippen LogP) is 1.23. The highest BCUT2D eigenvalue weighted by atomic mass is 16.2. The predicted molar refractivity (Wildman–Crippen MR) is 58.4 cm³/mol.